The van der Waals surface area contributed by atoms with Gasteiger partial charge >= 0.3 is 0 Å². The fourth-order valence-electron chi connectivity index (χ4n) is 1.83. The van der Waals surface area contributed by atoms with E-state index >= 15 is 0 Å². The molecule has 0 amide bonds. The number of aliphatic hydroxyl groups excluding tert-OH is 4. The fraction of sp³-hybridized carbons (Fsp3) is 1.00. The average molecular weight is 311 g/mol. The summed E-state index contributed by atoms with van der Waals surface area (Å²) in [5.41, 5.74) is 5.25. The van der Waals surface area contributed by atoms with E-state index in [4.69, 9.17) is 29.8 Å². The summed E-state index contributed by atoms with van der Waals surface area (Å²) in [5, 5.41) is 37.9. The maximum Gasteiger partial charge on any atom is 0.186 e. The lowest BCUT2D eigenvalue weighted by Crippen LogP contribution is -2.59. The van der Waals surface area contributed by atoms with Crippen molar-refractivity contribution in [3.05, 3.63) is 0 Å². The maximum absolute atomic E-state index is 9.71. The third-order valence-electron chi connectivity index (χ3n) is 2.99. The Morgan fingerprint density at radius 1 is 0.857 bits per heavy atom. The highest BCUT2D eigenvalue weighted by Gasteiger charge is 2.43. The number of nitrogens with two attached hydrogens (primary N) is 1. The van der Waals surface area contributed by atoms with Crippen LogP contribution in [0.4, 0.5) is 0 Å². The number of ether oxygens (including phenoxy) is 4. The van der Waals surface area contributed by atoms with E-state index < -0.39 is 37.3 Å². The van der Waals surface area contributed by atoms with Gasteiger partial charge in [-0.2, -0.15) is 0 Å². The van der Waals surface area contributed by atoms with Crippen molar-refractivity contribution in [2.45, 2.75) is 30.7 Å². The largest absolute Gasteiger partial charge is 0.394 e. The zero-order chi connectivity index (χ0) is 15.7. The van der Waals surface area contributed by atoms with Gasteiger partial charge in [0.15, 0.2) is 6.29 Å². The number of hydrogen-bond donors (Lipinski definition) is 5. The standard InChI is InChI=1S/C12H25NO8/c13-1-2-18-3-4-19-5-6-20-12-11(17)10(16)9(15)8(7-14)21-12/h8-12,14-17H,1-7,13H2/t8-,9-,10+,11-,12?/m1/s1. The molecule has 1 saturated heterocycles. The van der Waals surface area contributed by atoms with Gasteiger partial charge in [0, 0.05) is 6.54 Å². The Morgan fingerprint density at radius 2 is 1.48 bits per heavy atom. The zero-order valence-electron chi connectivity index (χ0n) is 11.8. The molecule has 0 aromatic rings. The second-order valence-electron chi connectivity index (χ2n) is 4.58. The van der Waals surface area contributed by atoms with Gasteiger partial charge in [0.2, 0.25) is 0 Å². The van der Waals surface area contributed by atoms with Crippen molar-refractivity contribution in [2.24, 2.45) is 5.73 Å². The topological polar surface area (TPSA) is 144 Å². The molecule has 1 heterocycles. The SMILES string of the molecule is NCCOCCOCCOC1O[C@H](CO)[C@@H](O)[C@H](O)[C@H]1O. The normalized spacial score (nSPS) is 33.3. The highest BCUT2D eigenvalue weighted by Crippen LogP contribution is 2.21. The molecule has 9 nitrogen and oxygen atoms in total. The Hall–Kier alpha value is -0.360. The van der Waals surface area contributed by atoms with Gasteiger partial charge in [-0.15, -0.1) is 0 Å². The first-order valence-corrected chi connectivity index (χ1v) is 6.89. The molecule has 1 rings (SSSR count). The molecule has 9 heteroatoms. The first-order chi connectivity index (χ1) is 10.1. The van der Waals surface area contributed by atoms with Crippen LogP contribution in [0, 0.1) is 0 Å². The minimum atomic E-state index is -1.44. The second-order valence-corrected chi connectivity index (χ2v) is 4.58. The Balaban J connectivity index is 2.16. The molecule has 5 atom stereocenters. The molecular weight excluding hydrogens is 286 g/mol. The molecule has 0 saturated carbocycles. The van der Waals surface area contributed by atoms with E-state index in [-0.39, 0.29) is 13.2 Å². The molecule has 0 radical (unpaired) electrons. The molecule has 126 valence electrons. The van der Waals surface area contributed by atoms with Crippen LogP contribution < -0.4 is 5.73 Å². The van der Waals surface area contributed by atoms with Crippen LogP contribution >= 0.6 is 0 Å². The smallest absolute Gasteiger partial charge is 0.186 e. The van der Waals surface area contributed by atoms with Crippen molar-refractivity contribution in [3.8, 4) is 0 Å². The second kappa shape index (κ2) is 10.4. The van der Waals surface area contributed by atoms with Crippen LogP contribution in [0.15, 0.2) is 0 Å². The van der Waals surface area contributed by atoms with E-state index in [1.165, 1.54) is 0 Å². The zero-order valence-corrected chi connectivity index (χ0v) is 11.8. The Kier molecular flexibility index (Phi) is 9.24. The van der Waals surface area contributed by atoms with Gasteiger partial charge in [0.1, 0.15) is 24.4 Å². The predicted molar refractivity (Wildman–Crippen MR) is 70.4 cm³/mol. The molecule has 6 N–H and O–H groups in total. The summed E-state index contributed by atoms with van der Waals surface area (Å²) in [6.07, 6.45) is -6.32. The third kappa shape index (κ3) is 6.10. The van der Waals surface area contributed by atoms with Crippen molar-refractivity contribution in [1.82, 2.24) is 0 Å². The lowest BCUT2D eigenvalue weighted by Gasteiger charge is -2.39. The minimum Gasteiger partial charge on any atom is -0.394 e. The van der Waals surface area contributed by atoms with Gasteiger partial charge in [0.05, 0.1) is 39.6 Å². The summed E-state index contributed by atoms with van der Waals surface area (Å²) in [7, 11) is 0. The van der Waals surface area contributed by atoms with Gasteiger partial charge in [-0.3, -0.25) is 0 Å². The highest BCUT2D eigenvalue weighted by atomic mass is 16.7. The first kappa shape index (κ1) is 18.7. The van der Waals surface area contributed by atoms with E-state index in [0.717, 1.165) is 0 Å². The molecule has 0 aromatic heterocycles. The van der Waals surface area contributed by atoms with Crippen molar-refractivity contribution >= 4 is 0 Å². The van der Waals surface area contributed by atoms with E-state index in [1.54, 1.807) is 0 Å². The van der Waals surface area contributed by atoms with Gasteiger partial charge in [-0.05, 0) is 0 Å². The van der Waals surface area contributed by atoms with Crippen molar-refractivity contribution in [3.63, 3.8) is 0 Å². The fourth-order valence-corrected chi connectivity index (χ4v) is 1.83. The Labute approximate surface area is 123 Å². The number of hydrogen-bond acceptors (Lipinski definition) is 9. The van der Waals surface area contributed by atoms with Crippen LogP contribution in [-0.4, -0.2) is 97.3 Å². The summed E-state index contributed by atoms with van der Waals surface area (Å²) in [6, 6.07) is 0. The molecule has 1 unspecified atom stereocenters. The molecule has 1 aliphatic rings. The lowest BCUT2D eigenvalue weighted by atomic mass is 9.99. The van der Waals surface area contributed by atoms with E-state index in [1.807, 2.05) is 0 Å². The Bertz CT molecular complexity index is 268. The molecule has 1 fully saturated rings. The minimum absolute atomic E-state index is 0.125. The molecular formula is C12H25NO8. The van der Waals surface area contributed by atoms with E-state index in [0.29, 0.717) is 26.4 Å². The third-order valence-corrected chi connectivity index (χ3v) is 2.99. The summed E-state index contributed by atoms with van der Waals surface area (Å²) in [5.74, 6) is 0. The van der Waals surface area contributed by atoms with Crippen LogP contribution in [0.25, 0.3) is 0 Å². The summed E-state index contributed by atoms with van der Waals surface area (Å²) in [4.78, 5) is 0. The van der Waals surface area contributed by atoms with Crippen molar-refractivity contribution in [1.29, 1.82) is 0 Å². The molecule has 0 aromatic carbocycles. The maximum atomic E-state index is 9.71. The van der Waals surface area contributed by atoms with Gasteiger partial charge in [-0.25, -0.2) is 0 Å². The monoisotopic (exact) mass is 311 g/mol. The van der Waals surface area contributed by atoms with Gasteiger partial charge < -0.3 is 45.1 Å². The van der Waals surface area contributed by atoms with Crippen LogP contribution in [0.1, 0.15) is 0 Å². The van der Waals surface area contributed by atoms with E-state index in [9.17, 15) is 15.3 Å². The lowest BCUT2D eigenvalue weighted by molar-refractivity contribution is -0.302. The summed E-state index contributed by atoms with van der Waals surface area (Å²) < 4.78 is 20.7. The van der Waals surface area contributed by atoms with E-state index in [2.05, 4.69) is 0 Å². The average Bonchev–Trinajstić information content (AvgIpc) is 2.49. The van der Waals surface area contributed by atoms with Crippen LogP contribution in [0.3, 0.4) is 0 Å². The van der Waals surface area contributed by atoms with Crippen LogP contribution in [0.2, 0.25) is 0 Å². The van der Waals surface area contributed by atoms with Crippen LogP contribution in [-0.2, 0) is 18.9 Å². The molecule has 0 bridgehead atoms. The van der Waals surface area contributed by atoms with Crippen molar-refractivity contribution < 1.29 is 39.4 Å². The Morgan fingerprint density at radius 3 is 2.10 bits per heavy atom. The molecule has 1 aliphatic heterocycles. The quantitative estimate of drug-likeness (QED) is 0.263. The number of rotatable bonds is 10. The molecule has 0 aliphatic carbocycles. The first-order valence-electron chi connectivity index (χ1n) is 6.89. The summed E-state index contributed by atoms with van der Waals surface area (Å²) in [6.45, 7) is 1.64. The van der Waals surface area contributed by atoms with Crippen molar-refractivity contribution in [2.75, 3.05) is 46.2 Å². The molecule has 0 spiro atoms. The summed E-state index contributed by atoms with van der Waals surface area (Å²) >= 11 is 0. The van der Waals surface area contributed by atoms with Gasteiger partial charge in [0.25, 0.3) is 0 Å². The highest BCUT2D eigenvalue weighted by molar-refractivity contribution is 4.88. The number of aliphatic hydroxyl groups is 4. The predicted octanol–water partition coefficient (Wildman–Crippen LogP) is -3.21. The van der Waals surface area contributed by atoms with Gasteiger partial charge in [-0.1, -0.05) is 0 Å². The van der Waals surface area contributed by atoms with Crippen LogP contribution in [0.5, 0.6) is 0 Å². The molecule has 21 heavy (non-hydrogen) atoms.